The zero-order valence-corrected chi connectivity index (χ0v) is 11.4. The van der Waals surface area contributed by atoms with Crippen LogP contribution in [0, 0.1) is 0 Å². The SMILES string of the molecule is [B]c1ccc(-c2ccc(C3(C(=O)OC)CC3)cc2)cc1. The first-order valence-corrected chi connectivity index (χ1v) is 6.71. The third-order valence-electron chi connectivity index (χ3n) is 4.01. The van der Waals surface area contributed by atoms with E-state index in [-0.39, 0.29) is 5.97 Å². The summed E-state index contributed by atoms with van der Waals surface area (Å²) in [4.78, 5) is 11.9. The second kappa shape index (κ2) is 4.82. The van der Waals surface area contributed by atoms with Gasteiger partial charge in [-0.05, 0) is 29.5 Å². The summed E-state index contributed by atoms with van der Waals surface area (Å²) in [6, 6.07) is 15.9. The van der Waals surface area contributed by atoms with E-state index < -0.39 is 5.41 Å². The minimum Gasteiger partial charge on any atom is -0.468 e. The van der Waals surface area contributed by atoms with E-state index in [1.165, 1.54) is 7.11 Å². The Kier molecular flexibility index (Phi) is 3.13. The van der Waals surface area contributed by atoms with Crippen LogP contribution < -0.4 is 5.46 Å². The van der Waals surface area contributed by atoms with Crippen molar-refractivity contribution in [1.29, 1.82) is 0 Å². The minimum absolute atomic E-state index is 0.127. The fourth-order valence-electron chi connectivity index (χ4n) is 2.59. The van der Waals surface area contributed by atoms with Crippen LogP contribution in [0.3, 0.4) is 0 Å². The van der Waals surface area contributed by atoms with E-state index in [1.807, 2.05) is 48.5 Å². The summed E-state index contributed by atoms with van der Waals surface area (Å²) in [6.07, 6.45) is 1.75. The summed E-state index contributed by atoms with van der Waals surface area (Å²) in [6.45, 7) is 0. The van der Waals surface area contributed by atoms with E-state index in [0.29, 0.717) is 0 Å². The van der Waals surface area contributed by atoms with Gasteiger partial charge in [0.05, 0.1) is 12.5 Å². The Labute approximate surface area is 120 Å². The molecule has 98 valence electrons. The number of methoxy groups -OCH3 is 1. The molecule has 0 atom stereocenters. The van der Waals surface area contributed by atoms with E-state index >= 15 is 0 Å². The molecule has 2 aromatic carbocycles. The molecular weight excluding hydrogens is 247 g/mol. The summed E-state index contributed by atoms with van der Waals surface area (Å²) in [7, 11) is 7.14. The molecule has 0 bridgehead atoms. The molecule has 0 unspecified atom stereocenters. The van der Waals surface area contributed by atoms with Gasteiger partial charge in [-0.2, -0.15) is 0 Å². The molecule has 0 spiro atoms. The first kappa shape index (κ1) is 13.0. The van der Waals surface area contributed by atoms with Crippen LogP contribution in [0.25, 0.3) is 11.1 Å². The van der Waals surface area contributed by atoms with Gasteiger partial charge in [0, 0.05) is 0 Å². The molecule has 1 aliphatic rings. The highest BCUT2D eigenvalue weighted by atomic mass is 16.5. The van der Waals surface area contributed by atoms with Crippen molar-refractivity contribution in [3.63, 3.8) is 0 Å². The average Bonchev–Trinajstić information content (AvgIpc) is 3.29. The topological polar surface area (TPSA) is 26.3 Å². The highest BCUT2D eigenvalue weighted by Crippen LogP contribution is 2.49. The number of benzene rings is 2. The molecular formula is C17H15BO2. The van der Waals surface area contributed by atoms with E-state index in [4.69, 9.17) is 12.6 Å². The number of carbonyl (C=O) groups is 1. The van der Waals surface area contributed by atoms with Crippen LogP contribution in [0.2, 0.25) is 0 Å². The van der Waals surface area contributed by atoms with Crippen molar-refractivity contribution in [3.05, 3.63) is 54.1 Å². The monoisotopic (exact) mass is 262 g/mol. The van der Waals surface area contributed by atoms with Crippen LogP contribution in [-0.4, -0.2) is 20.9 Å². The van der Waals surface area contributed by atoms with Crippen LogP contribution >= 0.6 is 0 Å². The smallest absolute Gasteiger partial charge is 0.316 e. The first-order valence-electron chi connectivity index (χ1n) is 6.71. The van der Waals surface area contributed by atoms with Gasteiger partial charge in [0.1, 0.15) is 7.85 Å². The second-order valence-electron chi connectivity index (χ2n) is 5.27. The summed E-state index contributed by atoms with van der Waals surface area (Å²) in [5.41, 5.74) is 3.65. The van der Waals surface area contributed by atoms with E-state index in [9.17, 15) is 4.79 Å². The average molecular weight is 262 g/mol. The maximum Gasteiger partial charge on any atom is 0.316 e. The van der Waals surface area contributed by atoms with Gasteiger partial charge in [0.2, 0.25) is 0 Å². The number of rotatable bonds is 3. The van der Waals surface area contributed by atoms with Gasteiger partial charge < -0.3 is 4.74 Å². The van der Waals surface area contributed by atoms with E-state index in [2.05, 4.69) is 0 Å². The number of hydrogen-bond donors (Lipinski definition) is 0. The van der Waals surface area contributed by atoms with Crippen molar-refractivity contribution >= 4 is 19.3 Å². The van der Waals surface area contributed by atoms with Gasteiger partial charge in [-0.1, -0.05) is 54.0 Å². The molecule has 3 heteroatoms. The molecule has 3 rings (SSSR count). The van der Waals surface area contributed by atoms with Crippen LogP contribution in [0.1, 0.15) is 18.4 Å². The van der Waals surface area contributed by atoms with Crippen LogP contribution in [0.15, 0.2) is 48.5 Å². The standard InChI is InChI=1S/C17H15BO2/c1-20-16(19)17(10-11-17)14-6-2-12(3-7-14)13-4-8-15(18)9-5-13/h2-9H,10-11H2,1H3. The van der Waals surface area contributed by atoms with Crippen LogP contribution in [-0.2, 0) is 14.9 Å². The highest BCUT2D eigenvalue weighted by molar-refractivity contribution is 6.32. The predicted molar refractivity (Wildman–Crippen MR) is 80.2 cm³/mol. The van der Waals surface area contributed by atoms with Gasteiger partial charge in [-0.25, -0.2) is 0 Å². The molecule has 1 saturated carbocycles. The minimum atomic E-state index is -0.394. The van der Waals surface area contributed by atoms with Crippen molar-refractivity contribution in [2.75, 3.05) is 7.11 Å². The molecule has 0 aromatic heterocycles. The van der Waals surface area contributed by atoms with Crippen LogP contribution in [0.4, 0.5) is 0 Å². The maximum absolute atomic E-state index is 11.9. The maximum atomic E-state index is 11.9. The lowest BCUT2D eigenvalue weighted by atomic mass is 9.91. The lowest BCUT2D eigenvalue weighted by Crippen LogP contribution is -2.21. The summed E-state index contributed by atoms with van der Waals surface area (Å²) in [5.74, 6) is -0.127. The molecule has 0 N–H and O–H groups in total. The zero-order valence-electron chi connectivity index (χ0n) is 11.4. The Morgan fingerprint density at radius 1 is 1.00 bits per heavy atom. The predicted octanol–water partition coefficient (Wildman–Crippen LogP) is 2.35. The summed E-state index contributed by atoms with van der Waals surface area (Å²) in [5, 5.41) is 0. The number of esters is 1. The fraction of sp³-hybridized carbons (Fsp3) is 0.235. The Bertz CT molecular complexity index is 625. The third kappa shape index (κ3) is 2.13. The Hall–Kier alpha value is -2.03. The van der Waals surface area contributed by atoms with Gasteiger partial charge in [0.25, 0.3) is 0 Å². The van der Waals surface area contributed by atoms with Crippen LogP contribution in [0.5, 0.6) is 0 Å². The molecule has 1 fully saturated rings. The second-order valence-corrected chi connectivity index (χ2v) is 5.27. The molecule has 20 heavy (non-hydrogen) atoms. The zero-order chi connectivity index (χ0) is 14.2. The van der Waals surface area contributed by atoms with Crippen molar-refractivity contribution in [2.24, 2.45) is 0 Å². The van der Waals surface area contributed by atoms with Gasteiger partial charge >= 0.3 is 5.97 Å². The molecule has 2 radical (unpaired) electrons. The first-order chi connectivity index (χ1) is 9.65. The van der Waals surface area contributed by atoms with Crippen molar-refractivity contribution in [3.8, 4) is 11.1 Å². The third-order valence-corrected chi connectivity index (χ3v) is 4.01. The van der Waals surface area contributed by atoms with Gasteiger partial charge in [0.15, 0.2) is 0 Å². The van der Waals surface area contributed by atoms with Crippen molar-refractivity contribution in [2.45, 2.75) is 18.3 Å². The molecule has 2 nitrogen and oxygen atoms in total. The molecule has 0 saturated heterocycles. The normalized spacial score (nSPS) is 15.7. The Morgan fingerprint density at radius 2 is 1.50 bits per heavy atom. The van der Waals surface area contributed by atoms with E-state index in [1.54, 1.807) is 0 Å². The number of ether oxygens (including phenoxy) is 1. The molecule has 2 aromatic rings. The van der Waals surface area contributed by atoms with Crippen molar-refractivity contribution < 1.29 is 9.53 Å². The molecule has 1 aliphatic carbocycles. The number of carbonyl (C=O) groups excluding carboxylic acids is 1. The lowest BCUT2D eigenvalue weighted by Gasteiger charge is -2.13. The summed E-state index contributed by atoms with van der Waals surface area (Å²) >= 11 is 0. The number of hydrogen-bond acceptors (Lipinski definition) is 2. The highest BCUT2D eigenvalue weighted by Gasteiger charge is 2.52. The van der Waals surface area contributed by atoms with Crippen molar-refractivity contribution in [1.82, 2.24) is 0 Å². The molecule has 0 heterocycles. The largest absolute Gasteiger partial charge is 0.468 e. The Balaban J connectivity index is 1.89. The quantitative estimate of drug-likeness (QED) is 0.627. The van der Waals surface area contributed by atoms with E-state index in [0.717, 1.165) is 35.0 Å². The summed E-state index contributed by atoms with van der Waals surface area (Å²) < 4.78 is 4.91. The molecule has 0 amide bonds. The lowest BCUT2D eigenvalue weighted by molar-refractivity contribution is -0.143. The van der Waals surface area contributed by atoms with Gasteiger partial charge in [-0.3, -0.25) is 4.79 Å². The Morgan fingerprint density at radius 3 is 1.95 bits per heavy atom. The van der Waals surface area contributed by atoms with Gasteiger partial charge in [-0.15, -0.1) is 0 Å². The fourth-order valence-corrected chi connectivity index (χ4v) is 2.59. The molecule has 0 aliphatic heterocycles.